The maximum Gasteiger partial charge on any atom is 0.248 e. The van der Waals surface area contributed by atoms with Gasteiger partial charge in [-0.1, -0.05) is 35.9 Å². The van der Waals surface area contributed by atoms with Gasteiger partial charge in [-0.05, 0) is 65.8 Å². The second-order valence-electron chi connectivity index (χ2n) is 4.66. The molecule has 0 fully saturated rings. The monoisotopic (exact) mass is 377 g/mol. The standard InChI is InChI=1S/C17H16INO/c1-12-7-8-14(13(2)11-12)9-10-17(20)19-16-6-4-3-5-15(16)18/h3-11H,1-2H3,(H,19,20)/b10-9+. The number of carbonyl (C=O) groups is 1. The van der Waals surface area contributed by atoms with Crippen LogP contribution in [0.4, 0.5) is 5.69 Å². The van der Waals surface area contributed by atoms with E-state index in [0.717, 1.165) is 14.8 Å². The van der Waals surface area contributed by atoms with Crippen molar-refractivity contribution < 1.29 is 4.79 Å². The van der Waals surface area contributed by atoms with Crippen molar-refractivity contribution >= 4 is 40.3 Å². The number of para-hydroxylation sites is 1. The highest BCUT2D eigenvalue weighted by atomic mass is 127. The van der Waals surface area contributed by atoms with Crippen LogP contribution in [0.15, 0.2) is 48.5 Å². The zero-order valence-electron chi connectivity index (χ0n) is 11.5. The molecule has 20 heavy (non-hydrogen) atoms. The molecular formula is C17H16INO. The van der Waals surface area contributed by atoms with E-state index in [4.69, 9.17) is 0 Å². The third kappa shape index (κ3) is 3.93. The quantitative estimate of drug-likeness (QED) is 0.617. The van der Waals surface area contributed by atoms with Crippen LogP contribution in [0.25, 0.3) is 6.08 Å². The van der Waals surface area contributed by atoms with E-state index in [1.54, 1.807) is 6.08 Å². The summed E-state index contributed by atoms with van der Waals surface area (Å²) in [6, 6.07) is 13.9. The van der Waals surface area contributed by atoms with Gasteiger partial charge in [0.1, 0.15) is 0 Å². The third-order valence-electron chi connectivity index (χ3n) is 2.97. The Morgan fingerprint density at radius 3 is 2.60 bits per heavy atom. The van der Waals surface area contributed by atoms with Crippen molar-refractivity contribution in [3.05, 3.63) is 68.8 Å². The minimum atomic E-state index is -0.117. The Labute approximate surface area is 133 Å². The van der Waals surface area contributed by atoms with Gasteiger partial charge < -0.3 is 5.32 Å². The summed E-state index contributed by atoms with van der Waals surface area (Å²) in [7, 11) is 0. The van der Waals surface area contributed by atoms with Crippen LogP contribution >= 0.6 is 22.6 Å². The highest BCUT2D eigenvalue weighted by Gasteiger charge is 2.01. The summed E-state index contributed by atoms with van der Waals surface area (Å²) >= 11 is 2.20. The molecular weight excluding hydrogens is 361 g/mol. The lowest BCUT2D eigenvalue weighted by Crippen LogP contribution is -2.08. The first-order chi connectivity index (χ1) is 9.56. The van der Waals surface area contributed by atoms with E-state index in [1.165, 1.54) is 11.1 Å². The van der Waals surface area contributed by atoms with E-state index >= 15 is 0 Å². The molecule has 0 aliphatic heterocycles. The molecule has 1 N–H and O–H groups in total. The van der Waals surface area contributed by atoms with Gasteiger partial charge >= 0.3 is 0 Å². The molecule has 3 heteroatoms. The fourth-order valence-electron chi connectivity index (χ4n) is 1.92. The lowest BCUT2D eigenvalue weighted by molar-refractivity contribution is -0.111. The number of halogens is 1. The molecule has 1 amide bonds. The smallest absolute Gasteiger partial charge is 0.248 e. The second-order valence-corrected chi connectivity index (χ2v) is 5.82. The van der Waals surface area contributed by atoms with Gasteiger partial charge in [0, 0.05) is 9.65 Å². The maximum absolute atomic E-state index is 11.9. The van der Waals surface area contributed by atoms with E-state index in [1.807, 2.05) is 49.4 Å². The number of anilines is 1. The Morgan fingerprint density at radius 2 is 1.90 bits per heavy atom. The van der Waals surface area contributed by atoms with Crippen LogP contribution in [0, 0.1) is 17.4 Å². The summed E-state index contributed by atoms with van der Waals surface area (Å²) in [4.78, 5) is 11.9. The minimum Gasteiger partial charge on any atom is -0.322 e. The van der Waals surface area contributed by atoms with Gasteiger partial charge in [-0.15, -0.1) is 0 Å². The Bertz CT molecular complexity index is 662. The number of hydrogen-bond acceptors (Lipinski definition) is 1. The molecule has 102 valence electrons. The summed E-state index contributed by atoms with van der Waals surface area (Å²) in [6.45, 7) is 4.11. The molecule has 0 aliphatic carbocycles. The zero-order valence-corrected chi connectivity index (χ0v) is 13.6. The molecule has 0 radical (unpaired) electrons. The Morgan fingerprint density at radius 1 is 1.15 bits per heavy atom. The highest BCUT2D eigenvalue weighted by Crippen LogP contribution is 2.17. The van der Waals surface area contributed by atoms with Gasteiger partial charge in [0.2, 0.25) is 5.91 Å². The van der Waals surface area contributed by atoms with E-state index in [-0.39, 0.29) is 5.91 Å². The lowest BCUT2D eigenvalue weighted by atomic mass is 10.1. The van der Waals surface area contributed by atoms with Gasteiger partial charge in [-0.2, -0.15) is 0 Å². The van der Waals surface area contributed by atoms with Crippen LogP contribution in [0.2, 0.25) is 0 Å². The molecule has 0 aromatic heterocycles. The number of aryl methyl sites for hydroxylation is 2. The van der Waals surface area contributed by atoms with E-state index in [2.05, 4.69) is 40.9 Å². The molecule has 0 spiro atoms. The SMILES string of the molecule is Cc1ccc(/C=C/C(=O)Nc2ccccc2I)c(C)c1. The van der Waals surface area contributed by atoms with Gasteiger partial charge in [0.15, 0.2) is 0 Å². The third-order valence-corrected chi connectivity index (χ3v) is 3.91. The first-order valence-corrected chi connectivity index (χ1v) is 7.45. The van der Waals surface area contributed by atoms with Crippen molar-refractivity contribution in [1.82, 2.24) is 0 Å². The number of hydrogen-bond donors (Lipinski definition) is 1. The topological polar surface area (TPSA) is 29.1 Å². The molecule has 2 rings (SSSR count). The first kappa shape index (κ1) is 14.8. The average molecular weight is 377 g/mol. The normalized spacial score (nSPS) is 10.8. The summed E-state index contributed by atoms with van der Waals surface area (Å²) in [6.07, 6.45) is 3.42. The van der Waals surface area contributed by atoms with E-state index in [9.17, 15) is 4.79 Å². The number of nitrogens with one attached hydrogen (secondary N) is 1. The number of rotatable bonds is 3. The van der Waals surface area contributed by atoms with E-state index in [0.29, 0.717) is 0 Å². The largest absolute Gasteiger partial charge is 0.322 e. The van der Waals surface area contributed by atoms with Gasteiger partial charge in [0.05, 0.1) is 5.69 Å². The molecule has 0 aliphatic rings. The number of benzene rings is 2. The van der Waals surface area contributed by atoms with Gasteiger partial charge in [-0.3, -0.25) is 4.79 Å². The van der Waals surface area contributed by atoms with Gasteiger partial charge in [0.25, 0.3) is 0 Å². The van der Waals surface area contributed by atoms with Crippen molar-refractivity contribution in [2.24, 2.45) is 0 Å². The minimum absolute atomic E-state index is 0.117. The van der Waals surface area contributed by atoms with Crippen LogP contribution in [-0.4, -0.2) is 5.91 Å². The predicted octanol–water partition coefficient (Wildman–Crippen LogP) is 4.56. The predicted molar refractivity (Wildman–Crippen MR) is 92.7 cm³/mol. The van der Waals surface area contributed by atoms with Crippen LogP contribution in [0.1, 0.15) is 16.7 Å². The molecule has 0 unspecified atom stereocenters. The molecule has 2 aromatic carbocycles. The Hall–Kier alpha value is -1.62. The Kier molecular flexibility index (Phi) is 4.95. The molecule has 0 atom stereocenters. The fourth-order valence-corrected chi connectivity index (χ4v) is 2.44. The van der Waals surface area contributed by atoms with Gasteiger partial charge in [-0.25, -0.2) is 0 Å². The summed E-state index contributed by atoms with van der Waals surface area (Å²) in [5.74, 6) is -0.117. The molecule has 2 nitrogen and oxygen atoms in total. The van der Waals surface area contributed by atoms with Crippen molar-refractivity contribution in [1.29, 1.82) is 0 Å². The van der Waals surface area contributed by atoms with Crippen LogP contribution in [0.5, 0.6) is 0 Å². The first-order valence-electron chi connectivity index (χ1n) is 6.37. The molecule has 0 saturated heterocycles. The number of carbonyl (C=O) groups excluding carboxylic acids is 1. The van der Waals surface area contributed by atoms with Crippen LogP contribution < -0.4 is 5.32 Å². The van der Waals surface area contributed by atoms with Crippen molar-refractivity contribution in [3.63, 3.8) is 0 Å². The average Bonchev–Trinajstić information content (AvgIpc) is 2.40. The molecule has 0 heterocycles. The zero-order chi connectivity index (χ0) is 14.5. The van der Waals surface area contributed by atoms with Crippen LogP contribution in [-0.2, 0) is 4.79 Å². The molecule has 0 bridgehead atoms. The van der Waals surface area contributed by atoms with E-state index < -0.39 is 0 Å². The van der Waals surface area contributed by atoms with Crippen LogP contribution in [0.3, 0.4) is 0 Å². The maximum atomic E-state index is 11.9. The van der Waals surface area contributed by atoms with Crippen molar-refractivity contribution in [2.75, 3.05) is 5.32 Å². The number of amides is 1. The Balaban J connectivity index is 2.08. The summed E-state index contributed by atoms with van der Waals surface area (Å²) in [5, 5.41) is 2.88. The fraction of sp³-hybridized carbons (Fsp3) is 0.118. The summed E-state index contributed by atoms with van der Waals surface area (Å²) in [5.41, 5.74) is 4.29. The van der Waals surface area contributed by atoms with Crippen molar-refractivity contribution in [3.8, 4) is 0 Å². The summed E-state index contributed by atoms with van der Waals surface area (Å²) < 4.78 is 1.03. The lowest BCUT2D eigenvalue weighted by Gasteiger charge is -2.05. The molecule has 0 saturated carbocycles. The highest BCUT2D eigenvalue weighted by molar-refractivity contribution is 14.1. The van der Waals surface area contributed by atoms with Crippen molar-refractivity contribution in [2.45, 2.75) is 13.8 Å². The molecule has 2 aromatic rings. The second kappa shape index (κ2) is 6.70.